The average Bonchev–Trinajstić information content (AvgIpc) is 2.62. The fourth-order valence-corrected chi connectivity index (χ4v) is 4.05. The van der Waals surface area contributed by atoms with Crippen molar-refractivity contribution >= 4 is 16.1 Å². The summed E-state index contributed by atoms with van der Waals surface area (Å²) in [5.41, 5.74) is -0.883. The standard InChI is InChI=1S/C21H29F3O7S/c1-15(2)20(10-6-4-3-5-7-11-20)30-18-14-16(8-9-17(18)31-21(22,23)24)19(25)29-12-13-32(26,27)28/h8-9,14-15H,3-7,10-13H2,1-2H3,(H,26,27,28)/p-1. The number of ether oxygens (including phenoxy) is 3. The van der Waals surface area contributed by atoms with E-state index in [4.69, 9.17) is 9.47 Å². The molecule has 7 nitrogen and oxygen atoms in total. The first-order valence-corrected chi connectivity index (χ1v) is 12.1. The first-order chi connectivity index (χ1) is 14.8. The zero-order valence-corrected chi connectivity index (χ0v) is 18.9. The van der Waals surface area contributed by atoms with Crippen LogP contribution in [-0.2, 0) is 14.9 Å². The van der Waals surface area contributed by atoms with Crippen LogP contribution >= 0.6 is 0 Å². The molecule has 0 atom stereocenters. The Morgan fingerprint density at radius 3 is 2.22 bits per heavy atom. The molecule has 11 heteroatoms. The summed E-state index contributed by atoms with van der Waals surface area (Å²) in [6, 6.07) is 3.11. The van der Waals surface area contributed by atoms with Gasteiger partial charge in [0.1, 0.15) is 12.2 Å². The number of esters is 1. The number of hydrogen-bond acceptors (Lipinski definition) is 7. The third kappa shape index (κ3) is 8.16. The number of rotatable bonds is 8. The van der Waals surface area contributed by atoms with Gasteiger partial charge in [0.25, 0.3) is 0 Å². The summed E-state index contributed by atoms with van der Waals surface area (Å²) in [4.78, 5) is 12.2. The van der Waals surface area contributed by atoms with E-state index in [-0.39, 0.29) is 17.2 Å². The van der Waals surface area contributed by atoms with Crippen LogP contribution in [-0.4, -0.2) is 43.3 Å². The van der Waals surface area contributed by atoms with Crippen LogP contribution in [0.2, 0.25) is 0 Å². The zero-order chi connectivity index (χ0) is 24.0. The lowest BCUT2D eigenvalue weighted by atomic mass is 9.79. The van der Waals surface area contributed by atoms with Gasteiger partial charge in [0.15, 0.2) is 11.5 Å². The highest BCUT2D eigenvalue weighted by Gasteiger charge is 2.38. The fraction of sp³-hybridized carbons (Fsp3) is 0.667. The first kappa shape index (κ1) is 26.2. The van der Waals surface area contributed by atoms with E-state index in [0.29, 0.717) is 12.8 Å². The SMILES string of the molecule is CC(C)C1(Oc2cc(C(=O)OCCS(=O)(=O)[O-])ccc2OC(F)(F)F)CCCCCCC1. The molecule has 0 unspecified atom stereocenters. The molecule has 1 aromatic carbocycles. The molecule has 182 valence electrons. The quantitative estimate of drug-likeness (QED) is 0.388. The van der Waals surface area contributed by atoms with Crippen molar-refractivity contribution in [1.82, 2.24) is 0 Å². The Morgan fingerprint density at radius 1 is 1.09 bits per heavy atom. The van der Waals surface area contributed by atoms with Gasteiger partial charge in [-0.1, -0.05) is 33.1 Å². The van der Waals surface area contributed by atoms with Crippen LogP contribution in [0, 0.1) is 5.92 Å². The molecule has 1 aliphatic rings. The van der Waals surface area contributed by atoms with E-state index in [1.54, 1.807) is 0 Å². The van der Waals surface area contributed by atoms with Crippen LogP contribution in [0.25, 0.3) is 0 Å². The van der Waals surface area contributed by atoms with Crippen molar-refractivity contribution < 1.29 is 45.1 Å². The summed E-state index contributed by atoms with van der Waals surface area (Å²) in [5.74, 6) is -2.75. The van der Waals surface area contributed by atoms with Crippen LogP contribution < -0.4 is 9.47 Å². The van der Waals surface area contributed by atoms with Gasteiger partial charge in [0.2, 0.25) is 0 Å². The largest absolute Gasteiger partial charge is 0.748 e. The van der Waals surface area contributed by atoms with Crippen molar-refractivity contribution in [1.29, 1.82) is 0 Å². The van der Waals surface area contributed by atoms with Gasteiger partial charge in [-0.25, -0.2) is 13.2 Å². The molecule has 2 rings (SSSR count). The van der Waals surface area contributed by atoms with Gasteiger partial charge < -0.3 is 18.8 Å². The Labute approximate surface area is 186 Å². The Morgan fingerprint density at radius 2 is 1.69 bits per heavy atom. The number of hydrogen-bond donors (Lipinski definition) is 0. The summed E-state index contributed by atoms with van der Waals surface area (Å²) in [7, 11) is -4.58. The van der Waals surface area contributed by atoms with Crippen LogP contribution in [0.1, 0.15) is 69.2 Å². The summed E-state index contributed by atoms with van der Waals surface area (Å²) >= 11 is 0. The summed E-state index contributed by atoms with van der Waals surface area (Å²) in [5, 5.41) is 0. The van der Waals surface area contributed by atoms with Crippen LogP contribution in [0.5, 0.6) is 11.5 Å². The third-order valence-electron chi connectivity index (χ3n) is 5.54. The normalized spacial score (nSPS) is 17.3. The highest BCUT2D eigenvalue weighted by molar-refractivity contribution is 7.85. The topological polar surface area (TPSA) is 102 Å². The molecule has 1 saturated carbocycles. The summed E-state index contributed by atoms with van der Waals surface area (Å²) < 4.78 is 85.9. The van der Waals surface area contributed by atoms with Gasteiger partial charge in [-0.15, -0.1) is 13.2 Å². The van der Waals surface area contributed by atoms with Crippen LogP contribution in [0.3, 0.4) is 0 Å². The maximum Gasteiger partial charge on any atom is 0.573 e. The van der Waals surface area contributed by atoms with Gasteiger partial charge >= 0.3 is 12.3 Å². The molecular weight excluding hydrogens is 453 g/mol. The Balaban J connectivity index is 2.35. The number of benzene rings is 1. The molecule has 0 amide bonds. The number of carbonyl (C=O) groups is 1. The summed E-state index contributed by atoms with van der Waals surface area (Å²) in [6.07, 6.45) is 1.14. The second-order valence-corrected chi connectivity index (χ2v) is 9.72. The van der Waals surface area contributed by atoms with Crippen LogP contribution in [0.4, 0.5) is 13.2 Å². The molecule has 0 heterocycles. The van der Waals surface area contributed by atoms with Crippen molar-refractivity contribution in [3.63, 3.8) is 0 Å². The van der Waals surface area contributed by atoms with Gasteiger partial charge in [-0.2, -0.15) is 0 Å². The molecule has 0 aromatic heterocycles. The van der Waals surface area contributed by atoms with Crippen molar-refractivity contribution in [2.24, 2.45) is 5.92 Å². The van der Waals surface area contributed by atoms with E-state index in [2.05, 4.69) is 4.74 Å². The van der Waals surface area contributed by atoms with Gasteiger partial charge in [-0.05, 0) is 49.8 Å². The number of alkyl halides is 3. The lowest BCUT2D eigenvalue weighted by Gasteiger charge is -2.40. The third-order valence-corrected chi connectivity index (χ3v) is 6.20. The number of carbonyl (C=O) groups excluding carboxylic acids is 1. The lowest BCUT2D eigenvalue weighted by Crippen LogP contribution is -2.42. The lowest BCUT2D eigenvalue weighted by molar-refractivity contribution is -0.275. The van der Waals surface area contributed by atoms with Gasteiger partial charge in [0.05, 0.1) is 21.4 Å². The Bertz CT molecular complexity index is 874. The van der Waals surface area contributed by atoms with Crippen molar-refractivity contribution in [3.05, 3.63) is 23.8 Å². The second kappa shape index (κ2) is 10.7. The van der Waals surface area contributed by atoms with E-state index in [1.165, 1.54) is 0 Å². The number of halogens is 3. The molecule has 0 bridgehead atoms. The molecule has 0 saturated heterocycles. The molecule has 0 radical (unpaired) electrons. The van der Waals surface area contributed by atoms with Crippen molar-refractivity contribution in [2.45, 2.75) is 70.8 Å². The molecule has 1 fully saturated rings. The first-order valence-electron chi connectivity index (χ1n) is 10.5. The molecular formula is C21H28F3O7S-. The van der Waals surface area contributed by atoms with E-state index < -0.39 is 46.2 Å². The van der Waals surface area contributed by atoms with E-state index in [9.17, 15) is 30.9 Å². The van der Waals surface area contributed by atoms with E-state index in [0.717, 1.165) is 50.3 Å². The Kier molecular flexibility index (Phi) is 8.81. The molecule has 32 heavy (non-hydrogen) atoms. The predicted octanol–water partition coefficient (Wildman–Crippen LogP) is 4.81. The minimum Gasteiger partial charge on any atom is -0.748 e. The summed E-state index contributed by atoms with van der Waals surface area (Å²) in [6.45, 7) is 3.21. The highest BCUT2D eigenvalue weighted by Crippen LogP contribution is 2.41. The van der Waals surface area contributed by atoms with Crippen molar-refractivity contribution in [2.75, 3.05) is 12.4 Å². The maximum absolute atomic E-state index is 13.0. The van der Waals surface area contributed by atoms with Crippen molar-refractivity contribution in [3.8, 4) is 11.5 Å². The average molecular weight is 482 g/mol. The van der Waals surface area contributed by atoms with Crippen LogP contribution in [0.15, 0.2) is 18.2 Å². The second-order valence-electron chi connectivity index (χ2n) is 8.20. The van der Waals surface area contributed by atoms with Gasteiger partial charge in [0, 0.05) is 0 Å². The minimum atomic E-state index is -4.96. The Hall–Kier alpha value is -2.01. The molecule has 1 aromatic rings. The monoisotopic (exact) mass is 481 g/mol. The van der Waals surface area contributed by atoms with Gasteiger partial charge in [-0.3, -0.25) is 0 Å². The molecule has 0 N–H and O–H groups in total. The smallest absolute Gasteiger partial charge is 0.573 e. The molecule has 0 spiro atoms. The maximum atomic E-state index is 13.0. The highest BCUT2D eigenvalue weighted by atomic mass is 32.2. The molecule has 0 aliphatic heterocycles. The fourth-order valence-electron chi connectivity index (χ4n) is 3.76. The predicted molar refractivity (Wildman–Crippen MR) is 108 cm³/mol. The van der Waals surface area contributed by atoms with E-state index >= 15 is 0 Å². The minimum absolute atomic E-state index is 0.0165. The molecule has 1 aliphatic carbocycles. The van der Waals surface area contributed by atoms with E-state index in [1.807, 2.05) is 13.8 Å². The zero-order valence-electron chi connectivity index (χ0n) is 18.1.